The molecule has 2 rings (SSSR count). The largest absolute Gasteiger partial charge is 0.464 e. The van der Waals surface area contributed by atoms with Crippen LogP contribution in [0.1, 0.15) is 40.4 Å². The highest BCUT2D eigenvalue weighted by atomic mass is 32.2. The Labute approximate surface area is 129 Å². The first-order chi connectivity index (χ1) is 10.2. The lowest BCUT2D eigenvalue weighted by molar-refractivity contribution is 0.0935. The van der Waals surface area contributed by atoms with Gasteiger partial charge in [-0.1, -0.05) is 30.3 Å². The van der Waals surface area contributed by atoms with E-state index in [0.29, 0.717) is 0 Å². The number of rotatable bonds is 4. The monoisotopic (exact) mass is 322 g/mol. The van der Waals surface area contributed by atoms with E-state index in [2.05, 4.69) is 5.32 Å². The first-order valence-electron chi connectivity index (χ1n) is 6.70. The predicted octanol–water partition coefficient (Wildman–Crippen LogP) is 2.03. The summed E-state index contributed by atoms with van der Waals surface area (Å²) in [4.78, 5) is 12.2. The second-order valence-electron chi connectivity index (χ2n) is 5.07. The zero-order valence-corrected chi connectivity index (χ0v) is 13.4. The number of aryl methyl sites for hydroxylation is 2. The molecule has 0 fully saturated rings. The van der Waals surface area contributed by atoms with Gasteiger partial charge in [-0.3, -0.25) is 4.79 Å². The summed E-state index contributed by atoms with van der Waals surface area (Å²) in [6.07, 6.45) is 0. The van der Waals surface area contributed by atoms with Crippen molar-refractivity contribution in [3.63, 3.8) is 0 Å². The molecule has 0 aliphatic carbocycles. The van der Waals surface area contributed by atoms with Crippen molar-refractivity contribution in [3.05, 3.63) is 53.0 Å². The van der Waals surface area contributed by atoms with Crippen LogP contribution in [0.25, 0.3) is 0 Å². The Hall–Kier alpha value is -2.12. The number of benzene rings is 1. The van der Waals surface area contributed by atoms with Crippen LogP contribution < -0.4 is 10.5 Å². The van der Waals surface area contributed by atoms with Crippen LogP contribution in [-0.4, -0.2) is 14.3 Å². The molecular weight excluding hydrogens is 304 g/mol. The maximum atomic E-state index is 12.4. The van der Waals surface area contributed by atoms with E-state index < -0.39 is 15.9 Å². The summed E-state index contributed by atoms with van der Waals surface area (Å²) in [5.74, 6) is -0.202. The quantitative estimate of drug-likeness (QED) is 0.899. The van der Waals surface area contributed by atoms with Gasteiger partial charge < -0.3 is 9.73 Å². The number of carbonyl (C=O) groups is 1. The molecule has 0 aliphatic rings. The number of amides is 1. The van der Waals surface area contributed by atoms with Gasteiger partial charge in [0.2, 0.25) is 10.0 Å². The van der Waals surface area contributed by atoms with Crippen molar-refractivity contribution in [1.29, 1.82) is 0 Å². The number of hydrogen-bond acceptors (Lipinski definition) is 4. The van der Waals surface area contributed by atoms with Crippen molar-refractivity contribution < 1.29 is 17.6 Å². The third kappa shape index (κ3) is 3.20. The molecule has 0 bridgehead atoms. The molecule has 0 spiro atoms. The predicted molar refractivity (Wildman–Crippen MR) is 81.9 cm³/mol. The number of nitrogens with one attached hydrogen (secondary N) is 1. The van der Waals surface area contributed by atoms with Gasteiger partial charge >= 0.3 is 0 Å². The smallest absolute Gasteiger partial charge is 0.256 e. The number of sulfonamides is 1. The molecule has 0 saturated carbocycles. The highest BCUT2D eigenvalue weighted by Gasteiger charge is 2.29. The summed E-state index contributed by atoms with van der Waals surface area (Å²) in [6, 6.07) is 9.07. The Morgan fingerprint density at radius 1 is 1.18 bits per heavy atom. The molecule has 0 saturated heterocycles. The molecule has 1 amide bonds. The van der Waals surface area contributed by atoms with Crippen LogP contribution in [0.4, 0.5) is 0 Å². The van der Waals surface area contributed by atoms with Gasteiger partial charge in [0.15, 0.2) is 0 Å². The number of furan rings is 1. The molecule has 1 aromatic heterocycles. The van der Waals surface area contributed by atoms with E-state index in [4.69, 9.17) is 9.56 Å². The number of primary sulfonamides is 1. The van der Waals surface area contributed by atoms with Crippen LogP contribution in [-0.2, 0) is 10.0 Å². The molecule has 118 valence electrons. The Morgan fingerprint density at radius 2 is 1.77 bits per heavy atom. The topological polar surface area (TPSA) is 102 Å². The van der Waals surface area contributed by atoms with Crippen molar-refractivity contribution in [2.24, 2.45) is 5.14 Å². The molecule has 22 heavy (non-hydrogen) atoms. The van der Waals surface area contributed by atoms with Crippen LogP contribution in [0.3, 0.4) is 0 Å². The zero-order chi connectivity index (χ0) is 16.5. The normalized spacial score (nSPS) is 12.9. The van der Waals surface area contributed by atoms with Crippen LogP contribution in [0, 0.1) is 13.8 Å². The van der Waals surface area contributed by atoms with Crippen molar-refractivity contribution >= 4 is 15.9 Å². The average molecular weight is 322 g/mol. The summed E-state index contributed by atoms with van der Waals surface area (Å²) < 4.78 is 28.6. The first-order valence-corrected chi connectivity index (χ1v) is 8.25. The van der Waals surface area contributed by atoms with Crippen LogP contribution in [0.2, 0.25) is 0 Å². The highest BCUT2D eigenvalue weighted by molar-refractivity contribution is 7.89. The maximum absolute atomic E-state index is 12.4. The van der Waals surface area contributed by atoms with Crippen LogP contribution >= 0.6 is 0 Å². The van der Waals surface area contributed by atoms with Gasteiger partial charge in [-0.25, -0.2) is 13.6 Å². The highest BCUT2D eigenvalue weighted by Crippen LogP contribution is 2.26. The van der Waals surface area contributed by atoms with Gasteiger partial charge in [0.1, 0.15) is 22.0 Å². The minimum atomic E-state index is -4.04. The van der Waals surface area contributed by atoms with Gasteiger partial charge in [-0.05, 0) is 26.3 Å². The van der Waals surface area contributed by atoms with E-state index in [1.54, 1.807) is 0 Å². The molecule has 1 atom stereocenters. The Kier molecular flexibility index (Phi) is 4.39. The SMILES string of the molecule is Cc1oc(C)c(S(N)(=O)=O)c1C(=O)N[C@H](C)c1ccccc1. The van der Waals surface area contributed by atoms with Crippen LogP contribution in [0.5, 0.6) is 0 Å². The van der Waals surface area contributed by atoms with E-state index in [0.717, 1.165) is 5.56 Å². The van der Waals surface area contributed by atoms with Gasteiger partial charge in [-0.15, -0.1) is 0 Å². The molecular formula is C15H18N2O4S. The van der Waals surface area contributed by atoms with Crippen molar-refractivity contribution in [1.82, 2.24) is 5.32 Å². The molecule has 3 N–H and O–H groups in total. The summed E-state index contributed by atoms with van der Waals surface area (Å²) in [6.45, 7) is 4.81. The van der Waals surface area contributed by atoms with Crippen molar-refractivity contribution in [2.45, 2.75) is 31.7 Å². The molecule has 2 aromatic rings. The number of carbonyl (C=O) groups excluding carboxylic acids is 1. The molecule has 1 aromatic carbocycles. The molecule has 0 aliphatic heterocycles. The lowest BCUT2D eigenvalue weighted by Crippen LogP contribution is -2.29. The fourth-order valence-electron chi connectivity index (χ4n) is 2.36. The minimum absolute atomic E-state index is 0.0391. The van der Waals surface area contributed by atoms with Gasteiger partial charge in [0.05, 0.1) is 6.04 Å². The standard InChI is InChI=1S/C15H18N2O4S/c1-9(12-7-5-4-6-8-12)17-15(18)13-10(2)21-11(3)14(13)22(16,19)20/h4-9H,1-3H3,(H,17,18)(H2,16,19,20)/t9-/m1/s1. The fourth-order valence-corrected chi connectivity index (χ4v) is 3.33. The summed E-state index contributed by atoms with van der Waals surface area (Å²) in [5.41, 5.74) is 0.869. The zero-order valence-electron chi connectivity index (χ0n) is 12.6. The average Bonchev–Trinajstić information content (AvgIpc) is 2.74. The van der Waals surface area contributed by atoms with Crippen molar-refractivity contribution in [2.75, 3.05) is 0 Å². The summed E-state index contributed by atoms with van der Waals surface area (Å²) >= 11 is 0. The molecule has 0 radical (unpaired) electrons. The lowest BCUT2D eigenvalue weighted by atomic mass is 10.1. The minimum Gasteiger partial charge on any atom is -0.464 e. The van der Waals surface area contributed by atoms with E-state index in [-0.39, 0.29) is 28.0 Å². The van der Waals surface area contributed by atoms with E-state index >= 15 is 0 Å². The number of nitrogens with two attached hydrogens (primary N) is 1. The Bertz CT molecular complexity index is 794. The van der Waals surface area contributed by atoms with E-state index in [1.807, 2.05) is 37.3 Å². The molecule has 6 nitrogen and oxygen atoms in total. The molecule has 1 heterocycles. The summed E-state index contributed by atoms with van der Waals surface area (Å²) in [7, 11) is -4.04. The van der Waals surface area contributed by atoms with Gasteiger partial charge in [-0.2, -0.15) is 0 Å². The fraction of sp³-hybridized carbons (Fsp3) is 0.267. The van der Waals surface area contributed by atoms with Gasteiger partial charge in [0.25, 0.3) is 5.91 Å². The molecule has 7 heteroatoms. The molecule has 0 unspecified atom stereocenters. The van der Waals surface area contributed by atoms with E-state index in [9.17, 15) is 13.2 Å². The van der Waals surface area contributed by atoms with Gasteiger partial charge in [0, 0.05) is 0 Å². The summed E-state index contributed by atoms with van der Waals surface area (Å²) in [5, 5.41) is 7.94. The lowest BCUT2D eigenvalue weighted by Gasteiger charge is -2.14. The Morgan fingerprint density at radius 3 is 2.32 bits per heavy atom. The maximum Gasteiger partial charge on any atom is 0.256 e. The third-order valence-electron chi connectivity index (χ3n) is 3.36. The van der Waals surface area contributed by atoms with Crippen molar-refractivity contribution in [3.8, 4) is 0 Å². The van der Waals surface area contributed by atoms with Crippen LogP contribution in [0.15, 0.2) is 39.6 Å². The van der Waals surface area contributed by atoms with E-state index in [1.165, 1.54) is 13.8 Å². The first kappa shape index (κ1) is 16.3. The Balaban J connectivity index is 2.35. The second kappa shape index (κ2) is 5.94. The second-order valence-corrected chi connectivity index (χ2v) is 6.57. The third-order valence-corrected chi connectivity index (χ3v) is 4.42. The number of hydrogen-bond donors (Lipinski definition) is 2.